The van der Waals surface area contributed by atoms with Gasteiger partial charge < -0.3 is 10.2 Å². The van der Waals surface area contributed by atoms with E-state index < -0.39 is 23.6 Å². The van der Waals surface area contributed by atoms with Crippen molar-refractivity contribution in [1.29, 1.82) is 0 Å². The Labute approximate surface area is 143 Å². The van der Waals surface area contributed by atoms with Gasteiger partial charge in [0, 0.05) is 19.2 Å². The fourth-order valence-electron chi connectivity index (χ4n) is 2.88. The van der Waals surface area contributed by atoms with Gasteiger partial charge in [0.2, 0.25) is 11.8 Å². The van der Waals surface area contributed by atoms with Crippen molar-refractivity contribution in [2.24, 2.45) is 0 Å². The maximum Gasteiger partial charge on any atom is 0.226 e. The Hall–Kier alpha value is -3.02. The van der Waals surface area contributed by atoms with Gasteiger partial charge in [0.15, 0.2) is 0 Å². The first-order valence-electron chi connectivity index (χ1n) is 7.76. The van der Waals surface area contributed by atoms with Crippen LogP contribution in [0.3, 0.4) is 0 Å². The number of hydrogen-bond acceptors (Lipinski definition) is 2. The Morgan fingerprint density at radius 3 is 2.64 bits per heavy atom. The van der Waals surface area contributed by atoms with Gasteiger partial charge in [-0.2, -0.15) is 0 Å². The Bertz CT molecular complexity index is 864. The summed E-state index contributed by atoms with van der Waals surface area (Å²) < 4.78 is 26.7. The van der Waals surface area contributed by atoms with Gasteiger partial charge in [0.05, 0.1) is 18.2 Å². The number of fused-ring (bicyclic) bond motifs is 1. The molecule has 0 spiro atoms. The van der Waals surface area contributed by atoms with Crippen LogP contribution in [-0.2, 0) is 9.59 Å². The van der Waals surface area contributed by atoms with Gasteiger partial charge in [-0.3, -0.25) is 9.59 Å². The summed E-state index contributed by atoms with van der Waals surface area (Å²) in [6.07, 6.45) is 3.41. The van der Waals surface area contributed by atoms with Crippen LogP contribution in [0.1, 0.15) is 30.5 Å². The molecule has 0 aromatic heterocycles. The summed E-state index contributed by atoms with van der Waals surface area (Å²) in [5.74, 6) is -2.23. The van der Waals surface area contributed by atoms with Crippen LogP contribution < -0.4 is 5.32 Å². The van der Waals surface area contributed by atoms with Crippen LogP contribution >= 0.6 is 0 Å². The number of halogens is 2. The molecule has 2 aromatic carbocycles. The first-order valence-corrected chi connectivity index (χ1v) is 7.76. The lowest BCUT2D eigenvalue weighted by Crippen LogP contribution is -2.33. The van der Waals surface area contributed by atoms with E-state index >= 15 is 0 Å². The van der Waals surface area contributed by atoms with Crippen molar-refractivity contribution < 1.29 is 18.4 Å². The summed E-state index contributed by atoms with van der Waals surface area (Å²) in [6, 6.07) is 9.91. The second-order valence-electron chi connectivity index (χ2n) is 5.76. The third-order valence-corrected chi connectivity index (χ3v) is 4.05. The van der Waals surface area contributed by atoms with Crippen molar-refractivity contribution in [3.63, 3.8) is 0 Å². The molecule has 1 aliphatic heterocycles. The van der Waals surface area contributed by atoms with E-state index in [4.69, 9.17) is 0 Å². The summed E-state index contributed by atoms with van der Waals surface area (Å²) >= 11 is 0. The zero-order valence-electron chi connectivity index (χ0n) is 13.5. The number of carbonyl (C=O) groups excluding carboxylic acids is 2. The number of nitrogens with one attached hydrogen (secondary N) is 1. The minimum Gasteiger partial charge on any atom is -0.324 e. The average molecular weight is 342 g/mol. The molecule has 4 nitrogen and oxygen atoms in total. The summed E-state index contributed by atoms with van der Waals surface area (Å²) in [6.45, 7) is 1.42. The van der Waals surface area contributed by atoms with E-state index in [1.807, 2.05) is 30.3 Å². The highest BCUT2D eigenvalue weighted by atomic mass is 19.1. The molecule has 1 atom stereocenters. The van der Waals surface area contributed by atoms with E-state index in [0.29, 0.717) is 6.07 Å². The molecule has 128 valence electrons. The predicted molar refractivity (Wildman–Crippen MR) is 90.3 cm³/mol. The summed E-state index contributed by atoms with van der Waals surface area (Å²) in [4.78, 5) is 25.7. The average Bonchev–Trinajstić information content (AvgIpc) is 2.57. The molecule has 0 fully saturated rings. The Kier molecular flexibility index (Phi) is 4.61. The monoisotopic (exact) mass is 342 g/mol. The van der Waals surface area contributed by atoms with Crippen molar-refractivity contribution in [2.45, 2.75) is 19.4 Å². The zero-order valence-corrected chi connectivity index (χ0v) is 13.5. The van der Waals surface area contributed by atoms with Gasteiger partial charge in [-0.05, 0) is 29.3 Å². The molecule has 3 rings (SSSR count). The van der Waals surface area contributed by atoms with E-state index in [0.717, 1.165) is 17.2 Å². The third kappa shape index (κ3) is 3.57. The lowest BCUT2D eigenvalue weighted by atomic mass is 9.93. The number of amides is 2. The highest BCUT2D eigenvalue weighted by molar-refractivity contribution is 5.92. The molecule has 0 saturated carbocycles. The Balaban J connectivity index is 1.82. The fourth-order valence-corrected chi connectivity index (χ4v) is 2.88. The van der Waals surface area contributed by atoms with Crippen molar-refractivity contribution in [2.75, 3.05) is 5.32 Å². The first-order chi connectivity index (χ1) is 12.0. The fraction of sp³-hybridized carbons (Fsp3) is 0.158. The molecule has 1 N–H and O–H groups in total. The quantitative estimate of drug-likeness (QED) is 0.921. The van der Waals surface area contributed by atoms with Gasteiger partial charge in [0.25, 0.3) is 0 Å². The molecule has 0 saturated heterocycles. The molecule has 0 radical (unpaired) electrons. The number of rotatable bonds is 3. The van der Waals surface area contributed by atoms with Gasteiger partial charge in [-0.1, -0.05) is 24.3 Å². The third-order valence-electron chi connectivity index (χ3n) is 4.05. The largest absolute Gasteiger partial charge is 0.324 e. The molecular formula is C19H16F2N2O2. The molecule has 0 bridgehead atoms. The minimum atomic E-state index is -0.847. The second kappa shape index (κ2) is 6.84. The lowest BCUT2D eigenvalue weighted by Gasteiger charge is -2.32. The summed E-state index contributed by atoms with van der Waals surface area (Å²) in [7, 11) is 0. The molecule has 1 unspecified atom stereocenters. The van der Waals surface area contributed by atoms with E-state index in [1.54, 1.807) is 6.20 Å². The smallest absolute Gasteiger partial charge is 0.226 e. The predicted octanol–water partition coefficient (Wildman–Crippen LogP) is 3.87. The Morgan fingerprint density at radius 2 is 1.92 bits per heavy atom. The van der Waals surface area contributed by atoms with Crippen molar-refractivity contribution in [3.8, 4) is 0 Å². The van der Waals surface area contributed by atoms with Crippen LogP contribution in [0.2, 0.25) is 0 Å². The Morgan fingerprint density at radius 1 is 1.16 bits per heavy atom. The molecule has 25 heavy (non-hydrogen) atoms. The van der Waals surface area contributed by atoms with Crippen LogP contribution in [0.5, 0.6) is 0 Å². The molecule has 6 heteroatoms. The summed E-state index contributed by atoms with van der Waals surface area (Å²) in [5.41, 5.74) is 1.67. The number of benzene rings is 2. The highest BCUT2D eigenvalue weighted by Crippen LogP contribution is 2.33. The maximum atomic E-state index is 13.7. The second-order valence-corrected chi connectivity index (χ2v) is 5.76. The van der Waals surface area contributed by atoms with Gasteiger partial charge >= 0.3 is 0 Å². The number of carbonyl (C=O) groups is 2. The molecule has 1 heterocycles. The highest BCUT2D eigenvalue weighted by Gasteiger charge is 2.28. The first kappa shape index (κ1) is 16.8. The van der Waals surface area contributed by atoms with E-state index in [1.165, 1.54) is 17.9 Å². The SMILES string of the molecule is CC(=O)N1C=Cc2ccccc2C1CC(=O)Nc1ccc(F)cc1F. The number of hydrogen-bond donors (Lipinski definition) is 1. The standard InChI is InChI=1S/C19H16F2N2O2/c1-12(24)23-9-8-13-4-2-3-5-15(13)18(23)11-19(25)22-17-7-6-14(20)10-16(17)21/h2-10,18H,11H2,1H3,(H,22,25). The summed E-state index contributed by atoms with van der Waals surface area (Å²) in [5, 5.41) is 2.43. The molecule has 0 aliphatic carbocycles. The van der Waals surface area contributed by atoms with Gasteiger partial charge in [-0.15, -0.1) is 0 Å². The zero-order chi connectivity index (χ0) is 18.0. The van der Waals surface area contributed by atoms with Crippen LogP contribution in [-0.4, -0.2) is 16.7 Å². The lowest BCUT2D eigenvalue weighted by molar-refractivity contribution is -0.129. The van der Waals surface area contributed by atoms with E-state index in [2.05, 4.69) is 5.32 Å². The van der Waals surface area contributed by atoms with Crippen LogP contribution in [0.4, 0.5) is 14.5 Å². The molecular weight excluding hydrogens is 326 g/mol. The number of nitrogens with zero attached hydrogens (tertiary/aromatic N) is 1. The minimum absolute atomic E-state index is 0.0439. The normalized spacial score (nSPS) is 15.6. The van der Waals surface area contributed by atoms with Crippen molar-refractivity contribution in [3.05, 3.63) is 71.4 Å². The maximum absolute atomic E-state index is 13.7. The molecule has 1 aliphatic rings. The van der Waals surface area contributed by atoms with Gasteiger partial charge in [-0.25, -0.2) is 8.78 Å². The van der Waals surface area contributed by atoms with Crippen molar-refractivity contribution in [1.82, 2.24) is 4.90 Å². The van der Waals surface area contributed by atoms with Gasteiger partial charge in [0.1, 0.15) is 11.6 Å². The molecule has 2 aromatic rings. The van der Waals surface area contributed by atoms with Crippen LogP contribution in [0, 0.1) is 11.6 Å². The number of anilines is 1. The van der Waals surface area contributed by atoms with Crippen LogP contribution in [0.15, 0.2) is 48.7 Å². The molecule has 2 amide bonds. The van der Waals surface area contributed by atoms with E-state index in [9.17, 15) is 18.4 Å². The van der Waals surface area contributed by atoms with E-state index in [-0.39, 0.29) is 18.0 Å². The topological polar surface area (TPSA) is 49.4 Å². The van der Waals surface area contributed by atoms with Crippen LogP contribution in [0.25, 0.3) is 6.08 Å². The van der Waals surface area contributed by atoms with Crippen molar-refractivity contribution >= 4 is 23.6 Å².